The van der Waals surface area contributed by atoms with Crippen LogP contribution in [0.5, 0.6) is 5.75 Å². The van der Waals surface area contributed by atoms with Gasteiger partial charge in [0, 0.05) is 25.7 Å². The van der Waals surface area contributed by atoms with Crippen LogP contribution in [0, 0.1) is 5.92 Å². The minimum Gasteiger partial charge on any atom is -0.491 e. The molecule has 3 unspecified atom stereocenters. The smallest absolute Gasteiger partial charge is 0.119 e. The molecule has 112 valence electrons. The molecule has 1 saturated heterocycles. The molecule has 0 aromatic heterocycles. The van der Waals surface area contributed by atoms with Crippen molar-refractivity contribution in [2.24, 2.45) is 11.7 Å². The largest absolute Gasteiger partial charge is 0.491 e. The Bertz CT molecular complexity index is 425. The Hall–Kier alpha value is -1.10. The molecule has 2 rings (SSSR count). The zero-order valence-corrected chi connectivity index (χ0v) is 12.5. The van der Waals surface area contributed by atoms with Gasteiger partial charge in [-0.25, -0.2) is 0 Å². The maximum atomic E-state index is 10.1. The van der Waals surface area contributed by atoms with E-state index in [1.807, 2.05) is 24.3 Å². The van der Waals surface area contributed by atoms with Crippen molar-refractivity contribution in [1.82, 2.24) is 4.90 Å². The maximum absolute atomic E-state index is 10.1. The van der Waals surface area contributed by atoms with Gasteiger partial charge < -0.3 is 15.6 Å². The molecule has 4 nitrogen and oxygen atoms in total. The van der Waals surface area contributed by atoms with Crippen LogP contribution in [0.3, 0.4) is 0 Å². The summed E-state index contributed by atoms with van der Waals surface area (Å²) in [6.07, 6.45) is 0.760. The Kier molecular flexibility index (Phi) is 5.40. The summed E-state index contributed by atoms with van der Waals surface area (Å²) in [5.41, 5.74) is 6.64. The number of nitrogens with two attached hydrogens (primary N) is 1. The van der Waals surface area contributed by atoms with Crippen molar-refractivity contribution < 1.29 is 9.84 Å². The highest BCUT2D eigenvalue weighted by Crippen LogP contribution is 2.22. The van der Waals surface area contributed by atoms with Crippen molar-refractivity contribution in [2.45, 2.75) is 39.0 Å². The van der Waals surface area contributed by atoms with Crippen LogP contribution >= 0.6 is 0 Å². The van der Waals surface area contributed by atoms with Crippen LogP contribution in [0.1, 0.15) is 25.8 Å². The molecule has 4 heteroatoms. The first kappa shape index (κ1) is 15.3. The fourth-order valence-corrected chi connectivity index (χ4v) is 2.92. The second-order valence-electron chi connectivity index (χ2n) is 5.96. The standard InChI is InChI=1S/C16H26N2O2/c1-12-6-13(2)18(9-12)10-15(19)11-20-16-5-3-4-14(7-16)8-17/h3-5,7,12-13,15,19H,6,8-11,17H2,1-2H3. The number of aliphatic hydroxyl groups excluding tert-OH is 1. The van der Waals surface area contributed by atoms with Gasteiger partial charge in [-0.3, -0.25) is 4.90 Å². The van der Waals surface area contributed by atoms with Crippen LogP contribution in [0.15, 0.2) is 24.3 Å². The molecule has 0 saturated carbocycles. The molecule has 1 aromatic carbocycles. The highest BCUT2D eigenvalue weighted by Gasteiger charge is 2.27. The van der Waals surface area contributed by atoms with Gasteiger partial charge in [-0.05, 0) is 37.0 Å². The summed E-state index contributed by atoms with van der Waals surface area (Å²) in [6, 6.07) is 8.27. The molecule has 1 heterocycles. The number of nitrogens with zero attached hydrogens (tertiary/aromatic N) is 1. The fraction of sp³-hybridized carbons (Fsp3) is 0.625. The van der Waals surface area contributed by atoms with E-state index in [1.54, 1.807) is 0 Å². The number of hydrogen-bond donors (Lipinski definition) is 2. The van der Waals surface area contributed by atoms with Gasteiger partial charge in [-0.15, -0.1) is 0 Å². The van der Waals surface area contributed by atoms with Crippen LogP contribution in [0.2, 0.25) is 0 Å². The minimum atomic E-state index is -0.454. The van der Waals surface area contributed by atoms with Crippen LogP contribution in [0.4, 0.5) is 0 Å². The lowest BCUT2D eigenvalue weighted by atomic mass is 10.1. The van der Waals surface area contributed by atoms with Gasteiger partial charge in [-0.2, -0.15) is 0 Å². The Labute approximate surface area is 121 Å². The number of likely N-dealkylation sites (tertiary alicyclic amines) is 1. The summed E-state index contributed by atoms with van der Waals surface area (Å²) in [4.78, 5) is 2.34. The number of ether oxygens (including phenoxy) is 1. The maximum Gasteiger partial charge on any atom is 0.119 e. The second kappa shape index (κ2) is 7.07. The summed E-state index contributed by atoms with van der Waals surface area (Å²) < 4.78 is 5.65. The molecule has 1 aromatic rings. The number of aliphatic hydroxyl groups is 1. The van der Waals surface area contributed by atoms with Gasteiger partial charge in [0.15, 0.2) is 0 Å². The summed E-state index contributed by atoms with van der Waals surface area (Å²) in [6.45, 7) is 7.07. The summed E-state index contributed by atoms with van der Waals surface area (Å²) in [5, 5.41) is 10.1. The highest BCUT2D eigenvalue weighted by atomic mass is 16.5. The van der Waals surface area contributed by atoms with E-state index in [0.717, 1.165) is 23.8 Å². The summed E-state index contributed by atoms with van der Waals surface area (Å²) in [7, 11) is 0. The molecule has 0 radical (unpaired) electrons. The predicted molar refractivity (Wildman–Crippen MR) is 80.7 cm³/mol. The van der Waals surface area contributed by atoms with Crippen molar-refractivity contribution in [3.63, 3.8) is 0 Å². The molecule has 0 amide bonds. The van der Waals surface area contributed by atoms with E-state index < -0.39 is 6.10 Å². The zero-order chi connectivity index (χ0) is 14.5. The Morgan fingerprint density at radius 1 is 1.45 bits per heavy atom. The molecular formula is C16H26N2O2. The van der Waals surface area contributed by atoms with E-state index in [0.29, 0.717) is 25.7 Å². The van der Waals surface area contributed by atoms with E-state index in [9.17, 15) is 5.11 Å². The van der Waals surface area contributed by atoms with Crippen LogP contribution in [-0.4, -0.2) is 41.8 Å². The van der Waals surface area contributed by atoms with E-state index >= 15 is 0 Å². The van der Waals surface area contributed by atoms with Crippen LogP contribution < -0.4 is 10.5 Å². The molecule has 1 fully saturated rings. The first-order valence-electron chi connectivity index (χ1n) is 7.42. The SMILES string of the molecule is CC1CC(C)N(CC(O)COc2cccc(CN)c2)C1. The third-order valence-electron chi connectivity index (χ3n) is 3.93. The lowest BCUT2D eigenvalue weighted by molar-refractivity contribution is 0.0654. The van der Waals surface area contributed by atoms with Crippen molar-refractivity contribution in [1.29, 1.82) is 0 Å². The third-order valence-corrected chi connectivity index (χ3v) is 3.93. The normalized spacial score (nSPS) is 24.8. The quantitative estimate of drug-likeness (QED) is 0.830. The number of β-amino-alcohol motifs (C(OH)–C–C–N with tert-alkyl or cyclic N) is 1. The first-order chi connectivity index (χ1) is 9.58. The molecule has 1 aliphatic rings. The van der Waals surface area contributed by atoms with Crippen LogP contribution in [0.25, 0.3) is 0 Å². The van der Waals surface area contributed by atoms with Gasteiger partial charge in [0.1, 0.15) is 18.5 Å². The van der Waals surface area contributed by atoms with Crippen molar-refractivity contribution in [2.75, 3.05) is 19.7 Å². The molecule has 3 atom stereocenters. The van der Waals surface area contributed by atoms with Gasteiger partial charge in [-0.1, -0.05) is 19.1 Å². The second-order valence-corrected chi connectivity index (χ2v) is 5.96. The van der Waals surface area contributed by atoms with Crippen molar-refractivity contribution in [3.8, 4) is 5.75 Å². The fourth-order valence-electron chi connectivity index (χ4n) is 2.92. The molecule has 20 heavy (non-hydrogen) atoms. The zero-order valence-electron chi connectivity index (χ0n) is 12.5. The predicted octanol–water partition coefficient (Wildman–Crippen LogP) is 1.62. The number of hydrogen-bond acceptors (Lipinski definition) is 4. The summed E-state index contributed by atoms with van der Waals surface area (Å²) >= 11 is 0. The lowest BCUT2D eigenvalue weighted by Crippen LogP contribution is -2.37. The molecule has 0 bridgehead atoms. The number of rotatable bonds is 6. The van der Waals surface area contributed by atoms with E-state index in [1.165, 1.54) is 6.42 Å². The Balaban J connectivity index is 1.78. The van der Waals surface area contributed by atoms with Gasteiger partial charge in [0.2, 0.25) is 0 Å². The van der Waals surface area contributed by atoms with Gasteiger partial charge >= 0.3 is 0 Å². The highest BCUT2D eigenvalue weighted by molar-refractivity contribution is 5.28. The topological polar surface area (TPSA) is 58.7 Å². The lowest BCUT2D eigenvalue weighted by Gasteiger charge is -2.24. The minimum absolute atomic E-state index is 0.325. The average molecular weight is 278 g/mol. The van der Waals surface area contributed by atoms with Gasteiger partial charge in [0.05, 0.1) is 0 Å². The molecule has 0 spiro atoms. The average Bonchev–Trinajstić information content (AvgIpc) is 2.75. The van der Waals surface area contributed by atoms with Gasteiger partial charge in [0.25, 0.3) is 0 Å². The number of benzene rings is 1. The monoisotopic (exact) mass is 278 g/mol. The van der Waals surface area contributed by atoms with E-state index in [4.69, 9.17) is 10.5 Å². The molecular weight excluding hydrogens is 252 g/mol. The molecule has 0 aliphatic carbocycles. The third kappa shape index (κ3) is 4.20. The Morgan fingerprint density at radius 2 is 2.25 bits per heavy atom. The first-order valence-corrected chi connectivity index (χ1v) is 7.42. The van der Waals surface area contributed by atoms with E-state index in [2.05, 4.69) is 18.7 Å². The van der Waals surface area contributed by atoms with Crippen molar-refractivity contribution in [3.05, 3.63) is 29.8 Å². The van der Waals surface area contributed by atoms with E-state index in [-0.39, 0.29) is 0 Å². The molecule has 3 N–H and O–H groups in total. The molecule has 1 aliphatic heterocycles. The summed E-state index contributed by atoms with van der Waals surface area (Å²) in [5.74, 6) is 1.49. The van der Waals surface area contributed by atoms with Crippen molar-refractivity contribution >= 4 is 0 Å². The Morgan fingerprint density at radius 3 is 2.90 bits per heavy atom. The van der Waals surface area contributed by atoms with Crippen LogP contribution in [-0.2, 0) is 6.54 Å².